The second-order valence-electron chi connectivity index (χ2n) is 8.38. The Morgan fingerprint density at radius 2 is 1.86 bits per heavy atom. The predicted molar refractivity (Wildman–Crippen MR) is 133 cm³/mol. The first-order chi connectivity index (χ1) is 16.9. The van der Waals surface area contributed by atoms with Crippen LogP contribution in [0.3, 0.4) is 0 Å². The molecule has 0 bridgehead atoms. The standard InChI is InChI=1S/C27H22ClN3O4/c1-15-9-10-17-5-3-8-22(24(17)29-15)35-27(33)25-16(2)23-20(6-4-7-21(23)34-25)30-31-26(32)18-11-13-19(28)14-12-18/h3,5,8-14H,4,6-7H2,1-2H3,(H,31,32)/b30-20+. The highest BCUT2D eigenvalue weighted by Gasteiger charge is 2.29. The molecule has 0 fully saturated rings. The van der Waals surface area contributed by atoms with Gasteiger partial charge in [-0.05, 0) is 63.1 Å². The van der Waals surface area contributed by atoms with Crippen LogP contribution in [-0.2, 0) is 6.42 Å². The number of nitrogens with zero attached hydrogens (tertiary/aromatic N) is 2. The zero-order chi connectivity index (χ0) is 24.5. The molecule has 2 aromatic carbocycles. The number of esters is 1. The van der Waals surface area contributed by atoms with Gasteiger partial charge in [0.05, 0.1) is 5.71 Å². The monoisotopic (exact) mass is 487 g/mol. The Morgan fingerprint density at radius 1 is 1.06 bits per heavy atom. The van der Waals surface area contributed by atoms with E-state index in [-0.39, 0.29) is 11.7 Å². The van der Waals surface area contributed by atoms with Gasteiger partial charge in [0, 0.05) is 39.2 Å². The normalized spacial score (nSPS) is 14.1. The van der Waals surface area contributed by atoms with Gasteiger partial charge in [0.1, 0.15) is 11.3 Å². The van der Waals surface area contributed by atoms with Crippen LogP contribution in [0.25, 0.3) is 10.9 Å². The van der Waals surface area contributed by atoms with Gasteiger partial charge in [0.25, 0.3) is 5.91 Å². The number of hydrogen-bond acceptors (Lipinski definition) is 6. The fourth-order valence-electron chi connectivity index (χ4n) is 4.20. The number of pyridine rings is 1. The van der Waals surface area contributed by atoms with Crippen molar-refractivity contribution in [2.75, 3.05) is 0 Å². The highest BCUT2D eigenvalue weighted by molar-refractivity contribution is 6.30. The molecule has 4 aromatic rings. The average Bonchev–Trinajstić information content (AvgIpc) is 3.20. The zero-order valence-electron chi connectivity index (χ0n) is 19.2. The lowest BCUT2D eigenvalue weighted by atomic mass is 9.93. The van der Waals surface area contributed by atoms with E-state index in [0.29, 0.717) is 51.7 Å². The van der Waals surface area contributed by atoms with E-state index in [2.05, 4.69) is 15.5 Å². The Hall–Kier alpha value is -3.97. The molecule has 0 aliphatic heterocycles. The third kappa shape index (κ3) is 4.55. The van der Waals surface area contributed by atoms with Crippen LogP contribution in [0.5, 0.6) is 5.75 Å². The minimum absolute atomic E-state index is 0.123. The minimum Gasteiger partial charge on any atom is -0.453 e. The fraction of sp³-hybridized carbons (Fsp3) is 0.185. The molecule has 0 atom stereocenters. The van der Waals surface area contributed by atoms with Crippen LogP contribution in [-0.4, -0.2) is 22.6 Å². The first kappa shape index (κ1) is 22.8. The molecular formula is C27H22ClN3O4. The van der Waals surface area contributed by atoms with E-state index in [9.17, 15) is 9.59 Å². The number of rotatable bonds is 4. The summed E-state index contributed by atoms with van der Waals surface area (Å²) in [5.41, 5.74) is 6.52. The number of aromatic nitrogens is 1. The van der Waals surface area contributed by atoms with Crippen molar-refractivity contribution in [3.8, 4) is 5.75 Å². The van der Waals surface area contributed by atoms with Crippen molar-refractivity contribution >= 4 is 40.1 Å². The third-order valence-corrected chi connectivity index (χ3v) is 6.19. The first-order valence-electron chi connectivity index (χ1n) is 11.2. The number of carbonyl (C=O) groups excluding carboxylic acids is 2. The Labute approximate surface area is 206 Å². The highest BCUT2D eigenvalue weighted by atomic mass is 35.5. The number of ether oxygens (including phenoxy) is 1. The molecule has 0 saturated heterocycles. The van der Waals surface area contributed by atoms with Crippen molar-refractivity contribution in [2.24, 2.45) is 5.10 Å². The molecule has 2 heterocycles. The molecule has 1 amide bonds. The number of para-hydroxylation sites is 1. The Morgan fingerprint density at radius 3 is 2.66 bits per heavy atom. The number of carbonyl (C=O) groups is 2. The Balaban J connectivity index is 1.41. The summed E-state index contributed by atoms with van der Waals surface area (Å²) in [6.07, 6.45) is 2.11. The molecule has 0 radical (unpaired) electrons. The SMILES string of the molecule is Cc1ccc2cccc(OC(=O)c3oc4c(c3C)/C(=N/NC(=O)c3ccc(Cl)cc3)CCC4)c2n1. The number of benzene rings is 2. The second-order valence-corrected chi connectivity index (χ2v) is 8.82. The lowest BCUT2D eigenvalue weighted by Crippen LogP contribution is -2.22. The van der Waals surface area contributed by atoms with Crippen LogP contribution < -0.4 is 10.2 Å². The number of hydrazone groups is 1. The molecule has 1 aliphatic rings. The summed E-state index contributed by atoms with van der Waals surface area (Å²) in [6, 6.07) is 15.8. The van der Waals surface area contributed by atoms with Crippen molar-refractivity contribution in [3.63, 3.8) is 0 Å². The van der Waals surface area contributed by atoms with Crippen molar-refractivity contribution in [3.05, 3.63) is 93.5 Å². The summed E-state index contributed by atoms with van der Waals surface area (Å²) < 4.78 is 11.7. The molecule has 0 saturated carbocycles. The molecule has 0 spiro atoms. The summed E-state index contributed by atoms with van der Waals surface area (Å²) in [6.45, 7) is 3.68. The highest BCUT2D eigenvalue weighted by Crippen LogP contribution is 2.31. The first-order valence-corrected chi connectivity index (χ1v) is 11.6. The lowest BCUT2D eigenvalue weighted by Gasteiger charge is -2.13. The molecule has 35 heavy (non-hydrogen) atoms. The van der Waals surface area contributed by atoms with E-state index in [4.69, 9.17) is 20.8 Å². The largest absolute Gasteiger partial charge is 0.453 e. The molecule has 0 unspecified atom stereocenters. The minimum atomic E-state index is -0.600. The topological polar surface area (TPSA) is 93.8 Å². The average molecular weight is 488 g/mol. The van der Waals surface area contributed by atoms with E-state index < -0.39 is 5.97 Å². The molecule has 2 aromatic heterocycles. The maximum atomic E-state index is 13.1. The van der Waals surface area contributed by atoms with Gasteiger partial charge < -0.3 is 9.15 Å². The molecule has 7 nitrogen and oxygen atoms in total. The van der Waals surface area contributed by atoms with Crippen molar-refractivity contribution in [1.29, 1.82) is 0 Å². The van der Waals surface area contributed by atoms with E-state index in [1.807, 2.05) is 31.2 Å². The zero-order valence-corrected chi connectivity index (χ0v) is 20.0. The van der Waals surface area contributed by atoms with Crippen LogP contribution in [0, 0.1) is 13.8 Å². The summed E-state index contributed by atoms with van der Waals surface area (Å²) in [4.78, 5) is 30.1. The fourth-order valence-corrected chi connectivity index (χ4v) is 4.33. The van der Waals surface area contributed by atoms with Gasteiger partial charge in [-0.1, -0.05) is 29.8 Å². The van der Waals surface area contributed by atoms with Gasteiger partial charge in [-0.3, -0.25) is 4.79 Å². The van der Waals surface area contributed by atoms with Crippen LogP contribution in [0.4, 0.5) is 0 Å². The van der Waals surface area contributed by atoms with E-state index in [0.717, 1.165) is 23.1 Å². The summed E-state index contributed by atoms with van der Waals surface area (Å²) >= 11 is 5.89. The van der Waals surface area contributed by atoms with Gasteiger partial charge in [0.2, 0.25) is 5.76 Å². The lowest BCUT2D eigenvalue weighted by molar-refractivity contribution is 0.0700. The Kier molecular flexibility index (Phi) is 6.09. The molecule has 1 aliphatic carbocycles. The number of aryl methyl sites for hydroxylation is 2. The maximum Gasteiger partial charge on any atom is 0.380 e. The molecule has 5 rings (SSSR count). The number of amides is 1. The van der Waals surface area contributed by atoms with Crippen LogP contribution >= 0.6 is 11.6 Å². The van der Waals surface area contributed by atoms with Crippen LogP contribution in [0.2, 0.25) is 5.02 Å². The maximum absolute atomic E-state index is 13.1. The Bertz CT molecular complexity index is 1490. The quantitative estimate of drug-likeness (QED) is 0.223. The smallest absolute Gasteiger partial charge is 0.380 e. The van der Waals surface area contributed by atoms with Gasteiger partial charge >= 0.3 is 5.97 Å². The molecule has 1 N–H and O–H groups in total. The number of nitrogens with one attached hydrogen (secondary N) is 1. The van der Waals surface area contributed by atoms with Crippen molar-refractivity contribution in [1.82, 2.24) is 10.4 Å². The van der Waals surface area contributed by atoms with Gasteiger partial charge in [-0.15, -0.1) is 0 Å². The van der Waals surface area contributed by atoms with Crippen LogP contribution in [0.15, 0.2) is 64.1 Å². The van der Waals surface area contributed by atoms with Crippen molar-refractivity contribution in [2.45, 2.75) is 33.1 Å². The number of hydrogen-bond donors (Lipinski definition) is 1. The van der Waals surface area contributed by atoms with Crippen molar-refractivity contribution < 1.29 is 18.7 Å². The third-order valence-electron chi connectivity index (χ3n) is 5.94. The number of halogens is 1. The number of furan rings is 1. The van der Waals surface area contributed by atoms with Gasteiger partial charge in [-0.25, -0.2) is 15.2 Å². The van der Waals surface area contributed by atoms with E-state index in [1.165, 1.54) is 0 Å². The summed E-state index contributed by atoms with van der Waals surface area (Å²) in [7, 11) is 0. The summed E-state index contributed by atoms with van der Waals surface area (Å²) in [5.74, 6) is 0.206. The molecule has 176 valence electrons. The number of fused-ring (bicyclic) bond motifs is 2. The molecular weight excluding hydrogens is 466 g/mol. The molecule has 8 heteroatoms. The second kappa shape index (κ2) is 9.35. The van der Waals surface area contributed by atoms with Gasteiger partial charge in [-0.2, -0.15) is 5.10 Å². The van der Waals surface area contributed by atoms with E-state index in [1.54, 1.807) is 37.3 Å². The van der Waals surface area contributed by atoms with E-state index >= 15 is 0 Å². The van der Waals surface area contributed by atoms with Crippen LogP contribution in [0.1, 0.15) is 56.3 Å². The summed E-state index contributed by atoms with van der Waals surface area (Å²) in [5, 5.41) is 5.78. The predicted octanol–water partition coefficient (Wildman–Crippen LogP) is 5.79. The van der Waals surface area contributed by atoms with Gasteiger partial charge in [0.15, 0.2) is 5.75 Å².